The lowest BCUT2D eigenvalue weighted by Crippen LogP contribution is -2.37. The Morgan fingerprint density at radius 3 is 2.69 bits per heavy atom. The van der Waals surface area contributed by atoms with Crippen molar-refractivity contribution in [1.29, 1.82) is 0 Å². The Morgan fingerprint density at radius 1 is 1.09 bits per heavy atom. The highest BCUT2D eigenvalue weighted by atomic mass is 16.5. The minimum Gasteiger partial charge on any atom is -0.373 e. The summed E-state index contributed by atoms with van der Waals surface area (Å²) in [6.45, 7) is 3.23. The number of aromatic nitrogens is 3. The number of carbonyl (C=O) groups excluding carboxylic acids is 1. The maximum Gasteiger partial charge on any atom is 0.292 e. The van der Waals surface area contributed by atoms with Gasteiger partial charge >= 0.3 is 0 Å². The van der Waals surface area contributed by atoms with Crippen LogP contribution < -0.4 is 5.32 Å². The highest BCUT2D eigenvalue weighted by Crippen LogP contribution is 2.33. The SMILES string of the molecule is CNc1nc([C@@H]2CCCN(C)C2)nc2c1CCN(C(=O)c1cc(C3CCCCC3)no1)C2. The first kappa shape index (κ1) is 21.4. The highest BCUT2D eigenvalue weighted by molar-refractivity contribution is 5.91. The third kappa shape index (κ3) is 4.25. The first-order chi connectivity index (χ1) is 15.6. The molecule has 8 nitrogen and oxygen atoms in total. The molecule has 3 aliphatic rings. The molecule has 4 heterocycles. The predicted octanol–water partition coefficient (Wildman–Crippen LogP) is 3.56. The van der Waals surface area contributed by atoms with Crippen LogP contribution in [0.1, 0.15) is 90.1 Å². The molecule has 0 bridgehead atoms. The minimum absolute atomic E-state index is 0.0891. The lowest BCUT2D eigenvalue weighted by Gasteiger charge is -2.31. The van der Waals surface area contributed by atoms with E-state index in [9.17, 15) is 4.79 Å². The van der Waals surface area contributed by atoms with E-state index in [1.54, 1.807) is 0 Å². The lowest BCUT2D eigenvalue weighted by atomic mass is 9.87. The Labute approximate surface area is 189 Å². The molecule has 2 aromatic heterocycles. The van der Waals surface area contributed by atoms with Gasteiger partial charge in [0.05, 0.1) is 17.9 Å². The van der Waals surface area contributed by atoms with E-state index in [4.69, 9.17) is 14.5 Å². The molecule has 172 valence electrons. The number of piperidine rings is 1. The lowest BCUT2D eigenvalue weighted by molar-refractivity contribution is 0.0689. The Balaban J connectivity index is 1.34. The molecule has 1 N–H and O–H groups in total. The molecule has 0 radical (unpaired) electrons. The monoisotopic (exact) mass is 438 g/mol. The van der Waals surface area contributed by atoms with Crippen molar-refractivity contribution in [3.8, 4) is 0 Å². The number of hydrogen-bond acceptors (Lipinski definition) is 7. The number of nitrogens with one attached hydrogen (secondary N) is 1. The normalized spacial score (nSPS) is 22.6. The molecule has 32 heavy (non-hydrogen) atoms. The van der Waals surface area contributed by atoms with Gasteiger partial charge in [-0.05, 0) is 45.7 Å². The fourth-order valence-corrected chi connectivity index (χ4v) is 5.53. The Bertz CT molecular complexity index is 967. The van der Waals surface area contributed by atoms with E-state index in [2.05, 4.69) is 22.4 Å². The van der Waals surface area contributed by atoms with Crippen molar-refractivity contribution in [2.45, 2.75) is 69.7 Å². The largest absolute Gasteiger partial charge is 0.373 e. The van der Waals surface area contributed by atoms with Crippen LogP contribution in [0.5, 0.6) is 0 Å². The number of anilines is 1. The molecule has 1 saturated carbocycles. The molecular formula is C24H34N6O2. The van der Waals surface area contributed by atoms with E-state index in [1.165, 1.54) is 19.3 Å². The molecule has 1 saturated heterocycles. The Morgan fingerprint density at radius 2 is 1.91 bits per heavy atom. The van der Waals surface area contributed by atoms with Crippen molar-refractivity contribution >= 4 is 11.7 Å². The van der Waals surface area contributed by atoms with Crippen molar-refractivity contribution in [2.75, 3.05) is 39.0 Å². The first-order valence-electron chi connectivity index (χ1n) is 12.1. The summed E-state index contributed by atoms with van der Waals surface area (Å²) in [4.78, 5) is 27.2. The molecule has 1 aliphatic carbocycles. The second kappa shape index (κ2) is 9.17. The van der Waals surface area contributed by atoms with Gasteiger partial charge in [-0.1, -0.05) is 24.4 Å². The number of carbonyl (C=O) groups is 1. The molecule has 2 fully saturated rings. The van der Waals surface area contributed by atoms with Crippen molar-refractivity contribution in [3.63, 3.8) is 0 Å². The number of rotatable bonds is 4. The van der Waals surface area contributed by atoms with Gasteiger partial charge < -0.3 is 19.6 Å². The molecular weight excluding hydrogens is 404 g/mol. The number of likely N-dealkylation sites (tertiary alicyclic amines) is 1. The zero-order valence-electron chi connectivity index (χ0n) is 19.3. The van der Waals surface area contributed by atoms with Crippen LogP contribution in [0, 0.1) is 0 Å². The number of hydrogen-bond donors (Lipinski definition) is 1. The predicted molar refractivity (Wildman–Crippen MR) is 122 cm³/mol. The van der Waals surface area contributed by atoms with E-state index in [-0.39, 0.29) is 5.91 Å². The van der Waals surface area contributed by atoms with Crippen molar-refractivity contribution in [2.24, 2.45) is 0 Å². The summed E-state index contributed by atoms with van der Waals surface area (Å²) in [5, 5.41) is 7.51. The summed E-state index contributed by atoms with van der Waals surface area (Å²) in [5.74, 6) is 2.83. The summed E-state index contributed by atoms with van der Waals surface area (Å²) < 4.78 is 5.50. The fraction of sp³-hybridized carbons (Fsp3) is 0.667. The Hall–Kier alpha value is -2.48. The average molecular weight is 439 g/mol. The van der Waals surface area contributed by atoms with Gasteiger partial charge in [-0.25, -0.2) is 9.97 Å². The van der Waals surface area contributed by atoms with E-state index < -0.39 is 0 Å². The fourth-order valence-electron chi connectivity index (χ4n) is 5.53. The van der Waals surface area contributed by atoms with E-state index in [1.807, 2.05) is 18.0 Å². The van der Waals surface area contributed by atoms with Crippen molar-refractivity contribution in [1.82, 2.24) is 24.9 Å². The smallest absolute Gasteiger partial charge is 0.292 e. The summed E-state index contributed by atoms with van der Waals surface area (Å²) in [6.07, 6.45) is 9.05. The topological polar surface area (TPSA) is 87.4 Å². The maximum atomic E-state index is 13.2. The molecule has 2 aromatic rings. The van der Waals surface area contributed by atoms with Crippen LogP contribution in [0.25, 0.3) is 0 Å². The van der Waals surface area contributed by atoms with Crippen LogP contribution in [0.15, 0.2) is 10.6 Å². The van der Waals surface area contributed by atoms with Gasteiger partial charge in [0, 0.05) is 43.6 Å². The van der Waals surface area contributed by atoms with Crippen LogP contribution in [0.3, 0.4) is 0 Å². The zero-order chi connectivity index (χ0) is 22.1. The molecule has 0 aromatic carbocycles. The standard InChI is InChI=1S/C24H34N6O2/c1-25-23-18-10-12-30(15-20(18)26-22(27-23)17-9-6-11-29(2)14-17)24(31)21-13-19(28-32-21)16-7-4-3-5-8-16/h13,16-17H,3-12,14-15H2,1-2H3,(H,25,26,27)/t17-/m1/s1. The molecule has 1 atom stereocenters. The van der Waals surface area contributed by atoms with Gasteiger partial charge in [-0.2, -0.15) is 0 Å². The van der Waals surface area contributed by atoms with Crippen molar-refractivity contribution in [3.05, 3.63) is 34.6 Å². The van der Waals surface area contributed by atoms with Gasteiger partial charge in [-0.15, -0.1) is 0 Å². The van der Waals surface area contributed by atoms with Crippen LogP contribution >= 0.6 is 0 Å². The minimum atomic E-state index is -0.0891. The second-order valence-electron chi connectivity index (χ2n) is 9.63. The maximum absolute atomic E-state index is 13.2. The van der Waals surface area contributed by atoms with Crippen LogP contribution in [0.2, 0.25) is 0 Å². The van der Waals surface area contributed by atoms with Crippen molar-refractivity contribution < 1.29 is 9.32 Å². The van der Waals surface area contributed by atoms with Crippen LogP contribution in [0.4, 0.5) is 5.82 Å². The molecule has 2 aliphatic heterocycles. The molecule has 0 unspecified atom stereocenters. The quantitative estimate of drug-likeness (QED) is 0.781. The number of nitrogens with zero attached hydrogens (tertiary/aromatic N) is 5. The summed E-state index contributed by atoms with van der Waals surface area (Å²) in [5.41, 5.74) is 3.03. The van der Waals surface area contributed by atoms with Crippen LogP contribution in [-0.2, 0) is 13.0 Å². The van der Waals surface area contributed by atoms with Gasteiger partial charge in [0.15, 0.2) is 0 Å². The van der Waals surface area contributed by atoms with Gasteiger partial charge in [0.2, 0.25) is 5.76 Å². The second-order valence-corrected chi connectivity index (χ2v) is 9.63. The molecule has 8 heteroatoms. The first-order valence-corrected chi connectivity index (χ1v) is 12.1. The third-order valence-corrected chi connectivity index (χ3v) is 7.36. The van der Waals surface area contributed by atoms with Gasteiger partial charge in [0.25, 0.3) is 5.91 Å². The highest BCUT2D eigenvalue weighted by Gasteiger charge is 2.30. The van der Waals surface area contributed by atoms with E-state index in [0.29, 0.717) is 30.7 Å². The number of likely N-dealkylation sites (N-methyl/N-ethyl adjacent to an activating group) is 1. The summed E-state index contributed by atoms with van der Waals surface area (Å²) in [6, 6.07) is 1.87. The van der Waals surface area contributed by atoms with Gasteiger partial charge in [-0.3, -0.25) is 4.79 Å². The van der Waals surface area contributed by atoms with Gasteiger partial charge in [0.1, 0.15) is 11.6 Å². The average Bonchev–Trinajstić information content (AvgIpc) is 3.33. The third-order valence-electron chi connectivity index (χ3n) is 7.36. The molecule has 5 rings (SSSR count). The number of amides is 1. The summed E-state index contributed by atoms with van der Waals surface area (Å²) >= 11 is 0. The van der Waals surface area contributed by atoms with Crippen LogP contribution in [-0.4, -0.2) is 64.6 Å². The Kier molecular flexibility index (Phi) is 6.13. The summed E-state index contributed by atoms with van der Waals surface area (Å²) in [7, 11) is 4.07. The van der Waals surface area contributed by atoms with E-state index >= 15 is 0 Å². The molecule has 1 amide bonds. The van der Waals surface area contributed by atoms with E-state index in [0.717, 1.165) is 73.8 Å². The molecule has 0 spiro atoms. The number of fused-ring (bicyclic) bond motifs is 1. The zero-order valence-corrected chi connectivity index (χ0v) is 19.3.